The second kappa shape index (κ2) is 18.5. The first kappa shape index (κ1) is 39.9. The second-order valence-electron chi connectivity index (χ2n) is 11.4. The van der Waals surface area contributed by atoms with Crippen molar-refractivity contribution >= 4 is 17.9 Å². The number of phenols is 3. The Morgan fingerprint density at radius 3 is 1.02 bits per heavy atom. The number of hydrogen-bond acceptors (Lipinski definition) is 15. The molecule has 3 aromatic carbocycles. The van der Waals surface area contributed by atoms with Crippen LogP contribution in [0.15, 0.2) is 92.6 Å². The van der Waals surface area contributed by atoms with E-state index in [1.807, 2.05) is 0 Å². The molecule has 282 valence electrons. The average molecular weight is 742 g/mol. The zero-order chi connectivity index (χ0) is 39.4. The third-order valence-electron chi connectivity index (χ3n) is 7.23. The molecule has 0 aliphatic rings. The highest BCUT2D eigenvalue weighted by molar-refractivity contribution is 5.77. The number of nitrogens with zero attached hydrogens (tertiary/aromatic N) is 3. The molecule has 4 aromatic rings. The van der Waals surface area contributed by atoms with Gasteiger partial charge in [0.25, 0.3) is 0 Å². The summed E-state index contributed by atoms with van der Waals surface area (Å²) >= 11 is 0. The molecule has 0 radical (unpaired) electrons. The normalized spacial score (nSPS) is 12.3. The minimum absolute atomic E-state index is 0.00505. The molecule has 0 spiro atoms. The lowest BCUT2D eigenvalue weighted by Crippen LogP contribution is -2.26. The first-order valence-electron chi connectivity index (χ1n) is 16.4. The van der Waals surface area contributed by atoms with E-state index in [0.29, 0.717) is 0 Å². The van der Waals surface area contributed by atoms with Gasteiger partial charge in [-0.2, -0.15) is 0 Å². The van der Waals surface area contributed by atoms with Crippen molar-refractivity contribution in [2.45, 2.75) is 39.1 Å². The summed E-state index contributed by atoms with van der Waals surface area (Å²) in [5.74, 6) is -2.72. The largest absolute Gasteiger partial charge is 0.507 e. The second-order valence-corrected chi connectivity index (χ2v) is 11.4. The molecule has 0 saturated carbocycles. The van der Waals surface area contributed by atoms with Crippen LogP contribution in [0.5, 0.6) is 34.5 Å². The highest BCUT2D eigenvalue weighted by Crippen LogP contribution is 2.38. The van der Waals surface area contributed by atoms with Gasteiger partial charge in [0, 0.05) is 18.2 Å². The number of aromatic nitrogens is 3. The molecule has 3 unspecified atom stereocenters. The van der Waals surface area contributed by atoms with Crippen LogP contribution < -0.4 is 14.2 Å². The van der Waals surface area contributed by atoms with Gasteiger partial charge in [-0.25, -0.2) is 29.3 Å². The summed E-state index contributed by atoms with van der Waals surface area (Å²) < 4.78 is 31.9. The molecule has 1 heterocycles. The SMILES string of the molecule is C=CCOC(=O)C(C)Oc1ccc(-c2nc(-c3ccc(OC(C)C(=O)OCC=C)cc3O)nc(-c3ccc(OC(C)C(=O)OCC=C)cc3O)n2)c(O)c1. The van der Waals surface area contributed by atoms with E-state index in [1.54, 1.807) is 0 Å². The molecule has 3 atom stereocenters. The van der Waals surface area contributed by atoms with Gasteiger partial charge in [0.2, 0.25) is 0 Å². The Balaban J connectivity index is 1.73. The van der Waals surface area contributed by atoms with Gasteiger partial charge in [-0.3, -0.25) is 0 Å². The molecule has 0 bridgehead atoms. The monoisotopic (exact) mass is 741 g/mol. The number of ether oxygens (including phenoxy) is 6. The first-order chi connectivity index (χ1) is 25.8. The van der Waals surface area contributed by atoms with E-state index in [9.17, 15) is 29.7 Å². The third-order valence-corrected chi connectivity index (χ3v) is 7.23. The van der Waals surface area contributed by atoms with E-state index >= 15 is 0 Å². The molecule has 0 fully saturated rings. The topological polar surface area (TPSA) is 206 Å². The van der Waals surface area contributed by atoms with Crippen molar-refractivity contribution in [2.24, 2.45) is 0 Å². The summed E-state index contributed by atoms with van der Waals surface area (Å²) in [6, 6.07) is 12.5. The Hall–Kier alpha value is -6.90. The first-order valence-corrected chi connectivity index (χ1v) is 16.4. The lowest BCUT2D eigenvalue weighted by atomic mass is 10.1. The molecule has 3 N–H and O–H groups in total. The summed E-state index contributed by atoms with van der Waals surface area (Å²) in [7, 11) is 0. The molecular formula is C39H39N3O12. The summed E-state index contributed by atoms with van der Waals surface area (Å²) in [6.07, 6.45) is 1.25. The lowest BCUT2D eigenvalue weighted by Gasteiger charge is -2.16. The summed E-state index contributed by atoms with van der Waals surface area (Å²) in [6.45, 7) is 15.0. The number of esters is 3. The van der Waals surface area contributed by atoms with E-state index in [0.717, 1.165) is 0 Å². The Kier molecular flexibility index (Phi) is 13.7. The highest BCUT2D eigenvalue weighted by atomic mass is 16.6. The molecule has 0 aliphatic heterocycles. The van der Waals surface area contributed by atoms with Crippen molar-refractivity contribution in [1.29, 1.82) is 0 Å². The van der Waals surface area contributed by atoms with Crippen LogP contribution >= 0.6 is 0 Å². The van der Waals surface area contributed by atoms with E-state index in [2.05, 4.69) is 34.7 Å². The number of carbonyl (C=O) groups excluding carboxylic acids is 3. The van der Waals surface area contributed by atoms with Gasteiger partial charge in [0.15, 0.2) is 35.8 Å². The minimum atomic E-state index is -1.00. The molecule has 54 heavy (non-hydrogen) atoms. The van der Waals surface area contributed by atoms with Crippen LogP contribution in [0.2, 0.25) is 0 Å². The quantitative estimate of drug-likeness (QED) is 0.0656. The van der Waals surface area contributed by atoms with Crippen LogP contribution in [0, 0.1) is 0 Å². The number of carbonyl (C=O) groups is 3. The van der Waals surface area contributed by atoms with Crippen LogP contribution in [0.4, 0.5) is 0 Å². The van der Waals surface area contributed by atoms with Gasteiger partial charge in [0.1, 0.15) is 54.3 Å². The van der Waals surface area contributed by atoms with E-state index in [-0.39, 0.29) is 88.5 Å². The summed E-state index contributed by atoms with van der Waals surface area (Å²) in [5, 5.41) is 33.2. The van der Waals surface area contributed by atoms with Crippen molar-refractivity contribution in [3.63, 3.8) is 0 Å². The molecule has 0 aliphatic carbocycles. The Bertz CT molecular complexity index is 1790. The van der Waals surface area contributed by atoms with Crippen LogP contribution in [0.1, 0.15) is 20.8 Å². The molecule has 15 nitrogen and oxygen atoms in total. The Labute approximate surface area is 310 Å². The molecule has 1 aromatic heterocycles. The standard InChI is InChI=1S/C39H39N3O12/c1-7-16-49-37(46)22(4)52-25-10-13-28(31(43)19-25)34-40-35(29-14-11-26(20-32(29)44)53-23(5)38(47)50-17-8-2)42-36(41-34)30-15-12-27(21-33(30)45)54-24(6)39(48)51-18-9-3/h7-15,19-24,43-45H,1-3,16-18H2,4-6H3. The van der Waals surface area contributed by atoms with Crippen molar-refractivity contribution in [3.8, 4) is 68.7 Å². The highest BCUT2D eigenvalue weighted by Gasteiger charge is 2.23. The lowest BCUT2D eigenvalue weighted by molar-refractivity contribution is -0.150. The maximum atomic E-state index is 12.2. The van der Waals surface area contributed by atoms with E-state index in [1.165, 1.54) is 93.6 Å². The maximum absolute atomic E-state index is 12.2. The van der Waals surface area contributed by atoms with Crippen LogP contribution in [-0.2, 0) is 28.6 Å². The number of hydrogen-bond donors (Lipinski definition) is 3. The fourth-order valence-electron chi connectivity index (χ4n) is 4.59. The van der Waals surface area contributed by atoms with Crippen molar-refractivity contribution in [1.82, 2.24) is 15.0 Å². The molecule has 15 heteroatoms. The van der Waals surface area contributed by atoms with Gasteiger partial charge in [-0.05, 0) is 57.2 Å². The number of benzene rings is 3. The molecule has 0 amide bonds. The number of aromatic hydroxyl groups is 3. The number of rotatable bonds is 18. The predicted molar refractivity (Wildman–Crippen MR) is 195 cm³/mol. The molecular weight excluding hydrogens is 702 g/mol. The summed E-state index contributed by atoms with van der Waals surface area (Å²) in [4.78, 5) is 50.0. The van der Waals surface area contributed by atoms with Crippen LogP contribution in [-0.4, -0.2) is 86.3 Å². The summed E-state index contributed by atoms with van der Waals surface area (Å²) in [5.41, 5.74) is 0.310. The van der Waals surface area contributed by atoms with Gasteiger partial charge >= 0.3 is 17.9 Å². The smallest absolute Gasteiger partial charge is 0.347 e. The van der Waals surface area contributed by atoms with Crippen LogP contribution in [0.3, 0.4) is 0 Å². The van der Waals surface area contributed by atoms with E-state index < -0.39 is 36.2 Å². The molecule has 4 rings (SSSR count). The average Bonchev–Trinajstić information content (AvgIpc) is 3.14. The Morgan fingerprint density at radius 2 is 0.796 bits per heavy atom. The zero-order valence-corrected chi connectivity index (χ0v) is 29.8. The maximum Gasteiger partial charge on any atom is 0.347 e. The molecule has 0 saturated heterocycles. The number of phenolic OH excluding ortho intramolecular Hbond substituents is 3. The van der Waals surface area contributed by atoms with Crippen molar-refractivity contribution in [2.75, 3.05) is 19.8 Å². The third kappa shape index (κ3) is 10.3. The predicted octanol–water partition coefficient (Wildman–Crippen LogP) is 5.48. The Morgan fingerprint density at radius 1 is 0.537 bits per heavy atom. The van der Waals surface area contributed by atoms with Crippen molar-refractivity contribution in [3.05, 3.63) is 92.6 Å². The van der Waals surface area contributed by atoms with Gasteiger partial charge in [-0.15, -0.1) is 0 Å². The van der Waals surface area contributed by atoms with Gasteiger partial charge < -0.3 is 43.7 Å². The van der Waals surface area contributed by atoms with Crippen LogP contribution in [0.25, 0.3) is 34.2 Å². The fraction of sp³-hybridized carbons (Fsp3) is 0.231. The zero-order valence-electron chi connectivity index (χ0n) is 29.8. The minimum Gasteiger partial charge on any atom is -0.507 e. The van der Waals surface area contributed by atoms with Gasteiger partial charge in [0.05, 0.1) is 16.7 Å². The van der Waals surface area contributed by atoms with Gasteiger partial charge in [-0.1, -0.05) is 38.0 Å². The fourth-order valence-corrected chi connectivity index (χ4v) is 4.59. The van der Waals surface area contributed by atoms with E-state index in [4.69, 9.17) is 28.4 Å². The van der Waals surface area contributed by atoms with Crippen molar-refractivity contribution < 1.29 is 58.1 Å².